The normalized spacial score (nSPS) is 25.7. The molecule has 1 aromatic rings. The van der Waals surface area contributed by atoms with E-state index in [2.05, 4.69) is 0 Å². The molecule has 0 N–H and O–H groups in total. The van der Waals surface area contributed by atoms with Crippen LogP contribution in [-0.4, -0.2) is 23.9 Å². The highest BCUT2D eigenvalue weighted by atomic mass is 19.4. The summed E-state index contributed by atoms with van der Waals surface area (Å²) in [5.41, 5.74) is 0.216. The van der Waals surface area contributed by atoms with Gasteiger partial charge in [0.1, 0.15) is 0 Å². The number of hydrogen-bond donors (Lipinski definition) is 0. The van der Waals surface area contributed by atoms with Crippen molar-refractivity contribution in [3.05, 3.63) is 35.4 Å². The van der Waals surface area contributed by atoms with Crippen LogP contribution in [0.15, 0.2) is 24.3 Å². The summed E-state index contributed by atoms with van der Waals surface area (Å²) >= 11 is 0. The topological polar surface area (TPSA) is 20.3 Å². The van der Waals surface area contributed by atoms with Gasteiger partial charge in [-0.1, -0.05) is 25.0 Å². The third-order valence-electron chi connectivity index (χ3n) is 4.69. The summed E-state index contributed by atoms with van der Waals surface area (Å²) in [6.07, 6.45) is 0.935. The molecule has 1 aliphatic carbocycles. The molecular weight excluding hydrogens is 291 g/mol. The fourth-order valence-electron chi connectivity index (χ4n) is 3.28. The van der Waals surface area contributed by atoms with E-state index in [4.69, 9.17) is 0 Å². The van der Waals surface area contributed by atoms with Gasteiger partial charge < -0.3 is 4.90 Å². The summed E-state index contributed by atoms with van der Waals surface area (Å²) in [4.78, 5) is 14.4. The smallest absolute Gasteiger partial charge is 0.342 e. The van der Waals surface area contributed by atoms with Crippen molar-refractivity contribution in [2.75, 3.05) is 13.1 Å². The number of carbonyl (C=O) groups is 1. The molecule has 2 nitrogen and oxygen atoms in total. The Morgan fingerprint density at radius 2 is 1.59 bits per heavy atom. The van der Waals surface area contributed by atoms with Crippen molar-refractivity contribution in [3.63, 3.8) is 0 Å². The minimum Gasteiger partial charge on any atom is -0.342 e. The zero-order valence-corrected chi connectivity index (χ0v) is 12.4. The molecule has 1 aromatic carbocycles. The Hall–Kier alpha value is -1.52. The van der Waals surface area contributed by atoms with Crippen LogP contribution in [0.4, 0.5) is 13.2 Å². The third kappa shape index (κ3) is 3.28. The Morgan fingerprint density at radius 3 is 2.14 bits per heavy atom. The van der Waals surface area contributed by atoms with Crippen LogP contribution in [0.3, 0.4) is 0 Å². The fraction of sp³-hybridized carbons (Fsp3) is 0.588. The van der Waals surface area contributed by atoms with Gasteiger partial charge in [0, 0.05) is 19.0 Å². The number of hydrogen-bond acceptors (Lipinski definition) is 1. The molecule has 0 spiro atoms. The molecule has 1 aliphatic heterocycles. The Bertz CT molecular complexity index is 530. The molecule has 0 bridgehead atoms. The molecule has 1 saturated carbocycles. The van der Waals surface area contributed by atoms with Gasteiger partial charge in [-0.05, 0) is 42.9 Å². The number of nitrogens with zero attached hydrogens (tertiary/aromatic N) is 1. The van der Waals surface area contributed by atoms with Gasteiger partial charge in [-0.15, -0.1) is 0 Å². The Labute approximate surface area is 128 Å². The van der Waals surface area contributed by atoms with E-state index in [9.17, 15) is 18.0 Å². The highest BCUT2D eigenvalue weighted by Crippen LogP contribution is 2.49. The van der Waals surface area contributed by atoms with Crippen molar-refractivity contribution in [1.82, 2.24) is 4.90 Å². The van der Waals surface area contributed by atoms with Crippen molar-refractivity contribution in [2.24, 2.45) is 5.92 Å². The molecule has 1 amide bonds. The quantitative estimate of drug-likeness (QED) is 0.801. The van der Waals surface area contributed by atoms with E-state index >= 15 is 0 Å². The third-order valence-corrected chi connectivity index (χ3v) is 4.69. The van der Waals surface area contributed by atoms with Crippen LogP contribution in [0.1, 0.15) is 49.1 Å². The lowest BCUT2D eigenvalue weighted by Crippen LogP contribution is -2.33. The lowest BCUT2D eigenvalue weighted by atomic mass is 10.1. The van der Waals surface area contributed by atoms with Crippen LogP contribution in [0.2, 0.25) is 0 Å². The van der Waals surface area contributed by atoms with E-state index in [-0.39, 0.29) is 17.7 Å². The van der Waals surface area contributed by atoms with Gasteiger partial charge >= 0.3 is 6.18 Å². The Kier molecular flexibility index (Phi) is 4.15. The number of amides is 1. The van der Waals surface area contributed by atoms with Gasteiger partial charge in [0.15, 0.2) is 0 Å². The van der Waals surface area contributed by atoms with E-state index in [0.717, 1.165) is 50.0 Å². The van der Waals surface area contributed by atoms with Crippen LogP contribution >= 0.6 is 0 Å². The first-order valence-corrected chi connectivity index (χ1v) is 7.93. The van der Waals surface area contributed by atoms with E-state index < -0.39 is 11.7 Å². The van der Waals surface area contributed by atoms with Crippen LogP contribution in [0.5, 0.6) is 0 Å². The predicted octanol–water partition coefficient (Wildman–Crippen LogP) is 4.21. The summed E-state index contributed by atoms with van der Waals surface area (Å²) in [5, 5.41) is 0. The van der Waals surface area contributed by atoms with Gasteiger partial charge in [-0.3, -0.25) is 4.79 Å². The van der Waals surface area contributed by atoms with Crippen molar-refractivity contribution in [3.8, 4) is 0 Å². The van der Waals surface area contributed by atoms with Crippen LogP contribution in [-0.2, 0) is 11.0 Å². The molecule has 2 atom stereocenters. The molecule has 2 fully saturated rings. The Morgan fingerprint density at radius 1 is 1.00 bits per heavy atom. The zero-order valence-electron chi connectivity index (χ0n) is 12.4. The number of carbonyl (C=O) groups excluding carboxylic acids is 1. The fourth-order valence-corrected chi connectivity index (χ4v) is 3.28. The summed E-state index contributed by atoms with van der Waals surface area (Å²) in [5.74, 6) is 0.250. The molecule has 1 heterocycles. The van der Waals surface area contributed by atoms with E-state index in [1.807, 2.05) is 4.90 Å². The molecule has 2 aliphatic rings. The molecule has 0 aromatic heterocycles. The number of rotatable bonds is 2. The van der Waals surface area contributed by atoms with E-state index in [1.165, 1.54) is 25.0 Å². The number of alkyl halides is 3. The largest absolute Gasteiger partial charge is 0.416 e. The molecule has 0 radical (unpaired) electrons. The standard InChI is InChI=1S/C17H20F3NO/c18-17(19,20)13-7-5-12(6-8-13)14-11-15(14)16(22)21-9-3-1-2-4-10-21/h5-8,14-15H,1-4,9-11H2. The molecule has 2 unspecified atom stereocenters. The maximum atomic E-state index is 12.6. The number of benzene rings is 1. The van der Waals surface area contributed by atoms with E-state index in [0.29, 0.717) is 0 Å². The van der Waals surface area contributed by atoms with Crippen LogP contribution < -0.4 is 0 Å². The van der Waals surface area contributed by atoms with Crippen molar-refractivity contribution >= 4 is 5.91 Å². The molecular formula is C17H20F3NO. The second-order valence-electron chi connectivity index (χ2n) is 6.31. The van der Waals surface area contributed by atoms with Crippen molar-refractivity contribution < 1.29 is 18.0 Å². The lowest BCUT2D eigenvalue weighted by Gasteiger charge is -2.20. The van der Waals surface area contributed by atoms with Gasteiger partial charge in [-0.25, -0.2) is 0 Å². The predicted molar refractivity (Wildman–Crippen MR) is 77.3 cm³/mol. The highest BCUT2D eigenvalue weighted by molar-refractivity contribution is 5.83. The van der Waals surface area contributed by atoms with Gasteiger partial charge in [0.2, 0.25) is 5.91 Å². The molecule has 120 valence electrons. The summed E-state index contributed by atoms with van der Waals surface area (Å²) in [7, 11) is 0. The summed E-state index contributed by atoms with van der Waals surface area (Å²) < 4.78 is 37.7. The maximum absolute atomic E-state index is 12.6. The maximum Gasteiger partial charge on any atom is 0.416 e. The summed E-state index contributed by atoms with van der Waals surface area (Å²) in [6.45, 7) is 1.66. The van der Waals surface area contributed by atoms with E-state index in [1.54, 1.807) is 0 Å². The van der Waals surface area contributed by atoms with Crippen molar-refractivity contribution in [2.45, 2.75) is 44.2 Å². The second kappa shape index (κ2) is 5.94. The first-order valence-electron chi connectivity index (χ1n) is 7.93. The molecule has 3 rings (SSSR count). The zero-order chi connectivity index (χ0) is 15.7. The van der Waals surface area contributed by atoms with Crippen LogP contribution in [0, 0.1) is 5.92 Å². The average Bonchev–Trinajstić information content (AvgIpc) is 3.30. The number of likely N-dealkylation sites (tertiary alicyclic amines) is 1. The summed E-state index contributed by atoms with van der Waals surface area (Å²) in [6, 6.07) is 5.26. The van der Waals surface area contributed by atoms with Gasteiger partial charge in [-0.2, -0.15) is 13.2 Å². The van der Waals surface area contributed by atoms with Gasteiger partial charge in [0.05, 0.1) is 5.56 Å². The Balaban J connectivity index is 1.62. The average molecular weight is 311 g/mol. The lowest BCUT2D eigenvalue weighted by molar-refractivity contribution is -0.137. The highest BCUT2D eigenvalue weighted by Gasteiger charge is 2.45. The first-order chi connectivity index (χ1) is 10.5. The second-order valence-corrected chi connectivity index (χ2v) is 6.31. The van der Waals surface area contributed by atoms with Gasteiger partial charge in [0.25, 0.3) is 0 Å². The molecule has 22 heavy (non-hydrogen) atoms. The monoisotopic (exact) mass is 311 g/mol. The number of halogens is 3. The first kappa shape index (κ1) is 15.4. The molecule has 1 saturated heterocycles. The van der Waals surface area contributed by atoms with Crippen LogP contribution in [0.25, 0.3) is 0 Å². The SMILES string of the molecule is O=C(C1CC1c1ccc(C(F)(F)F)cc1)N1CCCCCC1. The molecule has 5 heteroatoms. The van der Waals surface area contributed by atoms with Crippen molar-refractivity contribution in [1.29, 1.82) is 0 Å². The minimum absolute atomic E-state index is 0.0326. The minimum atomic E-state index is -4.30.